The molecule has 0 aromatic heterocycles. The summed E-state index contributed by atoms with van der Waals surface area (Å²) in [6.07, 6.45) is -9.78. The minimum Gasteiger partial charge on any atom is -0.449 e. The molecule has 11 heteroatoms. The van der Waals surface area contributed by atoms with Crippen LogP contribution in [0.4, 0.5) is 31.1 Å². The van der Waals surface area contributed by atoms with Gasteiger partial charge in [-0.1, -0.05) is 30.3 Å². The summed E-state index contributed by atoms with van der Waals surface area (Å²) in [5.74, 6) is 0. The van der Waals surface area contributed by atoms with Gasteiger partial charge < -0.3 is 20.1 Å². The second-order valence-corrected chi connectivity index (χ2v) is 9.21. The molecule has 0 bridgehead atoms. The largest absolute Gasteiger partial charge is 0.449 e. The molecule has 0 saturated carbocycles. The number of carbonyl (C=O) groups is 1. The molecule has 2 aliphatic rings. The lowest BCUT2D eigenvalue weighted by atomic mass is 9.78. The van der Waals surface area contributed by atoms with Crippen LogP contribution in [0.2, 0.25) is 0 Å². The number of alkyl halides is 6. The first-order chi connectivity index (χ1) is 16.9. The Kier molecular flexibility index (Phi) is 7.25. The van der Waals surface area contributed by atoms with E-state index in [4.69, 9.17) is 9.47 Å². The van der Waals surface area contributed by atoms with Gasteiger partial charge >= 0.3 is 18.4 Å². The van der Waals surface area contributed by atoms with E-state index in [9.17, 15) is 31.1 Å². The maximum Gasteiger partial charge on any atom is 0.416 e. The molecule has 1 amide bonds. The molecule has 196 valence electrons. The number of amides is 1. The number of halogens is 6. The number of fused-ring (bicyclic) bond motifs is 1. The van der Waals surface area contributed by atoms with Crippen LogP contribution in [0.1, 0.15) is 54.5 Å². The predicted molar refractivity (Wildman–Crippen MR) is 118 cm³/mol. The molecule has 1 unspecified atom stereocenters. The molecule has 0 radical (unpaired) electrons. The molecule has 2 aromatic carbocycles. The maximum absolute atomic E-state index is 13.3. The molecule has 5 nitrogen and oxygen atoms in total. The van der Waals surface area contributed by atoms with E-state index >= 15 is 0 Å². The number of carbonyl (C=O) groups excluding carboxylic acids is 1. The van der Waals surface area contributed by atoms with Gasteiger partial charge in [0, 0.05) is 12.1 Å². The quantitative estimate of drug-likeness (QED) is 0.483. The summed E-state index contributed by atoms with van der Waals surface area (Å²) in [4.78, 5) is 11.8. The number of hydrogen-bond donors (Lipinski definition) is 2. The number of ether oxygens (including phenoxy) is 2. The van der Waals surface area contributed by atoms with Crippen LogP contribution >= 0.6 is 0 Å². The summed E-state index contributed by atoms with van der Waals surface area (Å²) in [6.45, 7) is 1.64. The standard InChI is InChI=1S/C25H26F6N2O3/c1-15(16-11-18(24(26,27)28)13-19(12-16)25(29,30)31)36-14-23(17-5-3-2-4-6-17)9-7-20-21(33-23)8-10-35-22(34)32-20/h2-6,11-13,15,20-21,33H,7-10,14H2,1H3,(H,32,34)/t15-,20+,21?,23-/m1/s1. The van der Waals surface area contributed by atoms with E-state index < -0.39 is 41.2 Å². The van der Waals surface area contributed by atoms with E-state index in [1.54, 1.807) is 0 Å². The van der Waals surface area contributed by atoms with Gasteiger partial charge in [0.25, 0.3) is 0 Å². The van der Waals surface area contributed by atoms with Crippen molar-refractivity contribution in [3.05, 3.63) is 70.8 Å². The van der Waals surface area contributed by atoms with E-state index in [-0.39, 0.29) is 36.9 Å². The SMILES string of the molecule is C[C@@H](OC[C@@]1(c2ccccc2)CC[C@@H]2NC(=O)OCCC2N1)c1cc(C(F)(F)F)cc(C(F)(F)F)c1. The summed E-state index contributed by atoms with van der Waals surface area (Å²) < 4.78 is 91.0. The number of nitrogens with one attached hydrogen (secondary N) is 2. The molecule has 0 spiro atoms. The zero-order valence-electron chi connectivity index (χ0n) is 19.4. The number of alkyl carbamates (subject to hydrolysis) is 1. The van der Waals surface area contributed by atoms with Crippen LogP contribution in [0, 0.1) is 0 Å². The lowest BCUT2D eigenvalue weighted by Gasteiger charge is -2.46. The minimum absolute atomic E-state index is 0.00615. The first kappa shape index (κ1) is 26.3. The van der Waals surface area contributed by atoms with E-state index in [0.717, 1.165) is 5.56 Å². The van der Waals surface area contributed by atoms with Gasteiger partial charge in [0.2, 0.25) is 0 Å². The molecule has 4 atom stereocenters. The van der Waals surface area contributed by atoms with Crippen LogP contribution in [-0.2, 0) is 27.4 Å². The molecule has 2 N–H and O–H groups in total. The monoisotopic (exact) mass is 516 g/mol. The lowest BCUT2D eigenvalue weighted by Crippen LogP contribution is -2.62. The van der Waals surface area contributed by atoms with Crippen LogP contribution < -0.4 is 10.6 Å². The zero-order valence-corrected chi connectivity index (χ0v) is 19.4. The van der Waals surface area contributed by atoms with Crippen LogP contribution in [0.5, 0.6) is 0 Å². The fourth-order valence-corrected chi connectivity index (χ4v) is 4.81. The Morgan fingerprint density at radius 3 is 2.25 bits per heavy atom. The van der Waals surface area contributed by atoms with Crippen molar-refractivity contribution < 1.29 is 40.6 Å². The van der Waals surface area contributed by atoms with Gasteiger partial charge in [0.05, 0.1) is 36.0 Å². The van der Waals surface area contributed by atoms with Gasteiger partial charge in [-0.05, 0) is 55.5 Å². The van der Waals surface area contributed by atoms with Gasteiger partial charge in [0.15, 0.2) is 0 Å². The molecule has 2 heterocycles. The molecule has 4 rings (SSSR count). The Bertz CT molecular complexity index is 1040. The summed E-state index contributed by atoms with van der Waals surface area (Å²) in [7, 11) is 0. The molecule has 2 fully saturated rings. The zero-order chi connectivity index (χ0) is 26.1. The van der Waals surface area contributed by atoms with Crippen molar-refractivity contribution in [3.8, 4) is 0 Å². The summed E-state index contributed by atoms with van der Waals surface area (Å²) in [5.41, 5.74) is -2.88. The summed E-state index contributed by atoms with van der Waals surface area (Å²) in [5, 5.41) is 6.37. The Morgan fingerprint density at radius 1 is 1.00 bits per heavy atom. The van der Waals surface area contributed by atoms with E-state index in [1.165, 1.54) is 6.92 Å². The van der Waals surface area contributed by atoms with Crippen molar-refractivity contribution in [2.45, 2.75) is 62.3 Å². The van der Waals surface area contributed by atoms with Crippen LogP contribution in [0.15, 0.2) is 48.5 Å². The van der Waals surface area contributed by atoms with Gasteiger partial charge in [-0.3, -0.25) is 0 Å². The van der Waals surface area contributed by atoms with Crippen LogP contribution in [0.3, 0.4) is 0 Å². The summed E-state index contributed by atoms with van der Waals surface area (Å²) in [6, 6.07) is 10.5. The van der Waals surface area contributed by atoms with Crippen molar-refractivity contribution in [3.63, 3.8) is 0 Å². The fourth-order valence-electron chi connectivity index (χ4n) is 4.81. The second kappa shape index (κ2) is 9.93. The first-order valence-electron chi connectivity index (χ1n) is 11.5. The molecular formula is C25H26F6N2O3. The highest BCUT2D eigenvalue weighted by atomic mass is 19.4. The molecule has 2 aliphatic heterocycles. The Morgan fingerprint density at radius 2 is 1.64 bits per heavy atom. The van der Waals surface area contributed by atoms with Crippen molar-refractivity contribution in [1.29, 1.82) is 0 Å². The second-order valence-electron chi connectivity index (χ2n) is 9.21. The van der Waals surface area contributed by atoms with Crippen molar-refractivity contribution in [1.82, 2.24) is 10.6 Å². The van der Waals surface area contributed by atoms with Crippen molar-refractivity contribution in [2.24, 2.45) is 0 Å². The number of hydrogen-bond acceptors (Lipinski definition) is 4. The maximum atomic E-state index is 13.3. The number of rotatable bonds is 5. The highest BCUT2D eigenvalue weighted by Gasteiger charge is 2.44. The molecule has 2 aromatic rings. The normalized spacial score (nSPS) is 25.8. The lowest BCUT2D eigenvalue weighted by molar-refractivity contribution is -0.143. The fraction of sp³-hybridized carbons (Fsp3) is 0.480. The number of piperidine rings is 1. The van der Waals surface area contributed by atoms with Gasteiger partial charge in [-0.2, -0.15) is 26.3 Å². The number of cyclic esters (lactones) is 1. The van der Waals surface area contributed by atoms with E-state index in [0.29, 0.717) is 31.4 Å². The third kappa shape index (κ3) is 5.78. The van der Waals surface area contributed by atoms with E-state index in [2.05, 4.69) is 10.6 Å². The van der Waals surface area contributed by atoms with Gasteiger partial charge in [-0.15, -0.1) is 0 Å². The Labute approximate surface area is 204 Å². The Hall–Kier alpha value is -2.79. The summed E-state index contributed by atoms with van der Waals surface area (Å²) >= 11 is 0. The molecule has 36 heavy (non-hydrogen) atoms. The van der Waals surface area contributed by atoms with Crippen LogP contribution in [-0.4, -0.2) is 31.4 Å². The molecular weight excluding hydrogens is 490 g/mol. The number of benzene rings is 2. The van der Waals surface area contributed by atoms with Crippen molar-refractivity contribution >= 4 is 6.09 Å². The smallest absolute Gasteiger partial charge is 0.416 e. The Balaban J connectivity index is 1.60. The first-order valence-corrected chi connectivity index (χ1v) is 11.5. The third-order valence-electron chi connectivity index (χ3n) is 6.78. The third-order valence-corrected chi connectivity index (χ3v) is 6.78. The highest BCUT2D eigenvalue weighted by molar-refractivity contribution is 5.68. The molecule has 2 saturated heterocycles. The minimum atomic E-state index is -4.94. The molecule has 0 aliphatic carbocycles. The topological polar surface area (TPSA) is 59.6 Å². The van der Waals surface area contributed by atoms with Crippen molar-refractivity contribution in [2.75, 3.05) is 13.2 Å². The average Bonchev–Trinajstić information content (AvgIpc) is 3.01. The predicted octanol–water partition coefficient (Wildman–Crippen LogP) is 5.95. The highest BCUT2D eigenvalue weighted by Crippen LogP contribution is 2.39. The van der Waals surface area contributed by atoms with Gasteiger partial charge in [-0.25, -0.2) is 4.79 Å². The van der Waals surface area contributed by atoms with E-state index in [1.807, 2.05) is 30.3 Å². The van der Waals surface area contributed by atoms with Crippen LogP contribution in [0.25, 0.3) is 0 Å². The van der Waals surface area contributed by atoms with Gasteiger partial charge in [0.1, 0.15) is 0 Å². The average molecular weight is 516 g/mol.